The van der Waals surface area contributed by atoms with Crippen molar-refractivity contribution < 1.29 is 28.3 Å². The summed E-state index contributed by atoms with van der Waals surface area (Å²) in [5.41, 5.74) is -1.11. The summed E-state index contributed by atoms with van der Waals surface area (Å²) >= 11 is 0. The van der Waals surface area contributed by atoms with Crippen LogP contribution in [0.5, 0.6) is 0 Å². The average molecular weight is 411 g/mol. The topological polar surface area (TPSA) is 85.4 Å². The molecular weight excluding hydrogens is 380 g/mol. The van der Waals surface area contributed by atoms with Crippen molar-refractivity contribution in [3.8, 4) is 0 Å². The number of ether oxygens (including phenoxy) is 2. The van der Waals surface area contributed by atoms with Gasteiger partial charge in [0.05, 0.1) is 18.6 Å². The van der Waals surface area contributed by atoms with Crippen molar-refractivity contribution in [3.63, 3.8) is 0 Å². The van der Waals surface area contributed by atoms with Crippen molar-refractivity contribution in [2.45, 2.75) is 70.2 Å². The maximum Gasteiger partial charge on any atom is 0.416 e. The first kappa shape index (κ1) is 19.8. The number of fused-ring (bicyclic) bond motifs is 1. The van der Waals surface area contributed by atoms with Crippen LogP contribution in [0.25, 0.3) is 0 Å². The summed E-state index contributed by atoms with van der Waals surface area (Å²) in [6.07, 6.45) is -1.02. The second kappa shape index (κ2) is 6.02. The molecule has 0 unspecified atom stereocenters. The van der Waals surface area contributed by atoms with Crippen molar-refractivity contribution in [1.29, 1.82) is 0 Å². The molecule has 3 amide bonds. The molecule has 0 N–H and O–H groups in total. The lowest BCUT2D eigenvalue weighted by Crippen LogP contribution is -2.63. The molecule has 156 valence electrons. The monoisotopic (exact) mass is 410 g/mol. The minimum absolute atomic E-state index is 0.0123. The molecule has 5 atom stereocenters. The van der Waals surface area contributed by atoms with E-state index in [1.165, 1.54) is 0 Å². The lowest BCUT2D eigenvalue weighted by molar-refractivity contribution is -0.164. The summed E-state index contributed by atoms with van der Waals surface area (Å²) < 4.78 is 17.9. The maximum atomic E-state index is 13.4. The zero-order chi connectivity index (χ0) is 20.6. The molecule has 8 nitrogen and oxygen atoms in total. The minimum atomic E-state index is -2.16. The average Bonchev–Trinajstić information content (AvgIpc) is 3.28. The van der Waals surface area contributed by atoms with Crippen LogP contribution in [-0.2, 0) is 23.5 Å². The Balaban J connectivity index is 1.71. The molecular formula is C19H30N2O6Si. The molecule has 1 spiro atoms. The molecule has 4 fully saturated rings. The van der Waals surface area contributed by atoms with Gasteiger partial charge in [-0.1, -0.05) is 27.7 Å². The molecule has 9 heteroatoms. The van der Waals surface area contributed by atoms with Gasteiger partial charge in [0.25, 0.3) is 5.91 Å². The first-order chi connectivity index (χ1) is 12.9. The standard InChI is InChI=1S/C19H30N2O6Si/c1-11-13(15(22)20-9-10-25-17(20)24)19-12(27-28(5,6)18(2,3)4)7-8-21(19)16(23)14(11)26-19/h11-14H,7-10H2,1-6H3/t11-,12-,13+,14+,19-/m0/s1. The summed E-state index contributed by atoms with van der Waals surface area (Å²) in [5, 5.41) is -0.0123. The van der Waals surface area contributed by atoms with Gasteiger partial charge >= 0.3 is 6.09 Å². The van der Waals surface area contributed by atoms with E-state index in [1.54, 1.807) is 4.90 Å². The Labute approximate surface area is 166 Å². The van der Waals surface area contributed by atoms with Gasteiger partial charge < -0.3 is 18.8 Å². The predicted octanol–water partition coefficient (Wildman–Crippen LogP) is 1.95. The van der Waals surface area contributed by atoms with Crippen molar-refractivity contribution in [2.75, 3.05) is 19.7 Å². The molecule has 4 aliphatic heterocycles. The molecule has 2 bridgehead atoms. The Bertz CT molecular complexity index is 734. The Hall–Kier alpha value is -1.45. The highest BCUT2D eigenvalue weighted by Gasteiger charge is 2.75. The van der Waals surface area contributed by atoms with Gasteiger partial charge in [-0.2, -0.15) is 0 Å². The van der Waals surface area contributed by atoms with Crippen LogP contribution in [0.15, 0.2) is 0 Å². The third-order valence-corrected chi connectivity index (χ3v) is 11.8. The van der Waals surface area contributed by atoms with Gasteiger partial charge in [0.2, 0.25) is 5.91 Å². The van der Waals surface area contributed by atoms with Crippen molar-refractivity contribution >= 4 is 26.2 Å². The van der Waals surface area contributed by atoms with Gasteiger partial charge in [0.15, 0.2) is 14.0 Å². The highest BCUT2D eigenvalue weighted by atomic mass is 28.4. The molecule has 4 aliphatic rings. The lowest BCUT2D eigenvalue weighted by Gasteiger charge is -2.45. The number of nitrogens with zero attached hydrogens (tertiary/aromatic N) is 2. The molecule has 4 rings (SSSR count). The fourth-order valence-electron chi connectivity index (χ4n) is 4.80. The van der Waals surface area contributed by atoms with Gasteiger partial charge in [0, 0.05) is 12.5 Å². The van der Waals surface area contributed by atoms with Crippen molar-refractivity contribution in [2.24, 2.45) is 11.8 Å². The molecule has 0 radical (unpaired) electrons. The van der Waals surface area contributed by atoms with E-state index in [2.05, 4.69) is 33.9 Å². The van der Waals surface area contributed by atoms with E-state index in [9.17, 15) is 14.4 Å². The largest absolute Gasteiger partial charge is 0.447 e. The number of carbonyl (C=O) groups is 3. The highest BCUT2D eigenvalue weighted by molar-refractivity contribution is 6.74. The number of carbonyl (C=O) groups excluding carboxylic acids is 3. The van der Waals surface area contributed by atoms with E-state index in [0.717, 1.165) is 4.90 Å². The van der Waals surface area contributed by atoms with E-state index >= 15 is 0 Å². The predicted molar refractivity (Wildman–Crippen MR) is 102 cm³/mol. The van der Waals surface area contributed by atoms with Crippen LogP contribution in [-0.4, -0.2) is 73.7 Å². The molecule has 28 heavy (non-hydrogen) atoms. The zero-order valence-corrected chi connectivity index (χ0v) is 18.5. The maximum absolute atomic E-state index is 13.4. The van der Waals surface area contributed by atoms with Crippen LogP contribution < -0.4 is 0 Å². The van der Waals surface area contributed by atoms with Crippen LogP contribution in [0.2, 0.25) is 18.1 Å². The Morgan fingerprint density at radius 1 is 1.25 bits per heavy atom. The number of cyclic esters (lactones) is 1. The third kappa shape index (κ3) is 2.45. The van der Waals surface area contributed by atoms with Crippen molar-refractivity contribution in [1.82, 2.24) is 9.80 Å². The van der Waals surface area contributed by atoms with E-state index in [-0.39, 0.29) is 42.0 Å². The van der Waals surface area contributed by atoms with Gasteiger partial charge in [-0.05, 0) is 24.6 Å². The molecule has 4 saturated heterocycles. The van der Waals surface area contributed by atoms with Gasteiger partial charge in [-0.15, -0.1) is 0 Å². The SMILES string of the molecule is C[C@@H]1[C@H]2O[C@@]3([C@@H](O[Si](C)(C)C(C)(C)C)CCN3C2=O)[C@H]1C(=O)N1CCOC1=O. The van der Waals surface area contributed by atoms with Crippen molar-refractivity contribution in [3.05, 3.63) is 0 Å². The van der Waals surface area contributed by atoms with E-state index < -0.39 is 32.2 Å². The number of piperidine rings is 1. The van der Waals surface area contributed by atoms with Gasteiger partial charge in [-0.25, -0.2) is 9.69 Å². The summed E-state index contributed by atoms with van der Waals surface area (Å²) in [6, 6.07) is 0. The van der Waals surface area contributed by atoms with Crippen LogP contribution in [0.3, 0.4) is 0 Å². The van der Waals surface area contributed by atoms with E-state index in [4.69, 9.17) is 13.9 Å². The quantitative estimate of drug-likeness (QED) is 0.661. The number of imide groups is 1. The number of amides is 3. The highest BCUT2D eigenvalue weighted by Crippen LogP contribution is 2.57. The summed E-state index contributed by atoms with van der Waals surface area (Å²) in [6.45, 7) is 13.6. The van der Waals surface area contributed by atoms with Crippen LogP contribution in [0.1, 0.15) is 34.1 Å². The lowest BCUT2D eigenvalue weighted by atomic mass is 9.78. The van der Waals surface area contributed by atoms with E-state index in [1.807, 2.05) is 6.92 Å². The van der Waals surface area contributed by atoms with Crippen LogP contribution >= 0.6 is 0 Å². The van der Waals surface area contributed by atoms with Gasteiger partial charge in [0.1, 0.15) is 12.7 Å². The molecule has 0 saturated carbocycles. The molecule has 0 aliphatic carbocycles. The fourth-order valence-corrected chi connectivity index (χ4v) is 6.15. The number of hydrogen-bond donors (Lipinski definition) is 0. The first-order valence-electron chi connectivity index (χ1n) is 10.1. The molecule has 0 aromatic carbocycles. The Kier molecular flexibility index (Phi) is 4.27. The minimum Gasteiger partial charge on any atom is -0.447 e. The summed E-state index contributed by atoms with van der Waals surface area (Å²) in [4.78, 5) is 41.1. The summed E-state index contributed by atoms with van der Waals surface area (Å²) in [5.74, 6) is -1.33. The fraction of sp³-hybridized carbons (Fsp3) is 0.842. The molecule has 0 aromatic rings. The van der Waals surface area contributed by atoms with Gasteiger partial charge in [-0.3, -0.25) is 9.59 Å². The second-order valence-corrected chi connectivity index (χ2v) is 14.6. The Morgan fingerprint density at radius 2 is 1.93 bits per heavy atom. The molecule has 0 aromatic heterocycles. The second-order valence-electron chi connectivity index (χ2n) is 9.88. The zero-order valence-electron chi connectivity index (χ0n) is 17.5. The normalized spacial score (nSPS) is 37.6. The summed E-state index contributed by atoms with van der Waals surface area (Å²) in [7, 11) is -2.16. The number of hydrogen-bond acceptors (Lipinski definition) is 6. The smallest absolute Gasteiger partial charge is 0.416 e. The van der Waals surface area contributed by atoms with Crippen LogP contribution in [0, 0.1) is 11.8 Å². The van der Waals surface area contributed by atoms with Crippen LogP contribution in [0.4, 0.5) is 4.79 Å². The third-order valence-electron chi connectivity index (χ3n) is 7.31. The molecule has 4 heterocycles. The number of rotatable bonds is 3. The first-order valence-corrected chi connectivity index (χ1v) is 13.0. The Morgan fingerprint density at radius 3 is 2.50 bits per heavy atom. The van der Waals surface area contributed by atoms with E-state index in [0.29, 0.717) is 13.0 Å².